The molecule has 14 heavy (non-hydrogen) atoms. The van der Waals surface area contributed by atoms with Crippen molar-refractivity contribution in [1.29, 1.82) is 0 Å². The van der Waals surface area contributed by atoms with Crippen LogP contribution in [0.5, 0.6) is 0 Å². The van der Waals surface area contributed by atoms with Gasteiger partial charge in [0.05, 0.1) is 12.5 Å². The third-order valence-corrected chi connectivity index (χ3v) is 2.01. The Labute approximate surface area is 84.5 Å². The monoisotopic (exact) mass is 195 g/mol. The highest BCUT2D eigenvalue weighted by Crippen LogP contribution is 2.03. The average Bonchev–Trinajstić information content (AvgIpc) is 2.56. The zero-order chi connectivity index (χ0) is 10.4. The van der Waals surface area contributed by atoms with E-state index in [1.54, 1.807) is 12.5 Å². The Hall–Kier alpha value is -1.25. The number of amides is 1. The Morgan fingerprint density at radius 3 is 3.00 bits per heavy atom. The number of rotatable bonds is 5. The van der Waals surface area contributed by atoms with E-state index in [0.29, 0.717) is 6.42 Å². The lowest BCUT2D eigenvalue weighted by Gasteiger charge is -2.12. The van der Waals surface area contributed by atoms with Crippen LogP contribution in [0.25, 0.3) is 0 Å². The van der Waals surface area contributed by atoms with Crippen LogP contribution in [-0.4, -0.2) is 11.9 Å². The molecule has 0 bridgehead atoms. The number of hydrogen-bond acceptors (Lipinski definition) is 2. The van der Waals surface area contributed by atoms with E-state index in [-0.39, 0.29) is 11.9 Å². The predicted molar refractivity (Wildman–Crippen MR) is 54.9 cm³/mol. The normalized spacial score (nSPS) is 12.4. The van der Waals surface area contributed by atoms with Gasteiger partial charge in [-0.1, -0.05) is 6.92 Å². The second-order valence-electron chi connectivity index (χ2n) is 3.55. The molecule has 0 saturated carbocycles. The molecular weight excluding hydrogens is 178 g/mol. The summed E-state index contributed by atoms with van der Waals surface area (Å²) in [4.78, 5) is 11.2. The summed E-state index contributed by atoms with van der Waals surface area (Å²) >= 11 is 0. The van der Waals surface area contributed by atoms with Gasteiger partial charge in [0.2, 0.25) is 5.91 Å². The van der Waals surface area contributed by atoms with Crippen LogP contribution in [0.2, 0.25) is 0 Å². The maximum Gasteiger partial charge on any atom is 0.220 e. The number of carbonyl (C=O) groups is 1. The van der Waals surface area contributed by atoms with E-state index < -0.39 is 0 Å². The van der Waals surface area contributed by atoms with Crippen LogP contribution in [0.3, 0.4) is 0 Å². The molecule has 0 radical (unpaired) electrons. The SMILES string of the molecule is CCCC(=O)NC(C)Cc1ccoc1. The molecular formula is C11H17NO2. The van der Waals surface area contributed by atoms with Crippen molar-refractivity contribution in [3.05, 3.63) is 24.2 Å². The van der Waals surface area contributed by atoms with Crippen LogP contribution in [0.4, 0.5) is 0 Å². The van der Waals surface area contributed by atoms with E-state index >= 15 is 0 Å². The van der Waals surface area contributed by atoms with Crippen molar-refractivity contribution in [1.82, 2.24) is 5.32 Å². The summed E-state index contributed by atoms with van der Waals surface area (Å²) in [5, 5.41) is 2.94. The van der Waals surface area contributed by atoms with Crippen LogP contribution in [0, 0.1) is 0 Å². The average molecular weight is 195 g/mol. The smallest absolute Gasteiger partial charge is 0.220 e. The molecule has 1 atom stereocenters. The number of carbonyl (C=O) groups excluding carboxylic acids is 1. The maximum atomic E-state index is 11.2. The zero-order valence-electron chi connectivity index (χ0n) is 8.75. The third kappa shape index (κ3) is 3.64. The van der Waals surface area contributed by atoms with Crippen LogP contribution in [0.15, 0.2) is 23.0 Å². The molecule has 0 fully saturated rings. The fraction of sp³-hybridized carbons (Fsp3) is 0.545. The minimum atomic E-state index is 0.128. The molecule has 3 heteroatoms. The quantitative estimate of drug-likeness (QED) is 0.782. The molecule has 0 aliphatic carbocycles. The molecule has 0 aliphatic heterocycles. The first-order valence-electron chi connectivity index (χ1n) is 5.02. The number of hydrogen-bond donors (Lipinski definition) is 1. The first-order chi connectivity index (χ1) is 6.72. The van der Waals surface area contributed by atoms with Crippen molar-refractivity contribution >= 4 is 5.91 Å². The van der Waals surface area contributed by atoms with Gasteiger partial charge in [-0.25, -0.2) is 0 Å². The minimum Gasteiger partial charge on any atom is -0.472 e. The van der Waals surface area contributed by atoms with Gasteiger partial charge in [0, 0.05) is 12.5 Å². The summed E-state index contributed by atoms with van der Waals surface area (Å²) in [7, 11) is 0. The second-order valence-corrected chi connectivity index (χ2v) is 3.55. The molecule has 78 valence electrons. The van der Waals surface area contributed by atoms with Crippen molar-refractivity contribution in [3.63, 3.8) is 0 Å². The highest BCUT2D eigenvalue weighted by atomic mass is 16.3. The minimum absolute atomic E-state index is 0.128. The first-order valence-corrected chi connectivity index (χ1v) is 5.02. The Kier molecular flexibility index (Phi) is 4.23. The second kappa shape index (κ2) is 5.47. The topological polar surface area (TPSA) is 42.2 Å². The van der Waals surface area contributed by atoms with Crippen molar-refractivity contribution in [2.75, 3.05) is 0 Å². The maximum absolute atomic E-state index is 11.2. The molecule has 0 aromatic carbocycles. The van der Waals surface area contributed by atoms with Gasteiger partial charge in [-0.15, -0.1) is 0 Å². The summed E-state index contributed by atoms with van der Waals surface area (Å²) < 4.78 is 4.96. The van der Waals surface area contributed by atoms with Gasteiger partial charge in [-0.3, -0.25) is 4.79 Å². The van der Waals surface area contributed by atoms with Crippen molar-refractivity contribution in [2.45, 2.75) is 39.2 Å². The molecule has 1 heterocycles. The van der Waals surface area contributed by atoms with Crippen molar-refractivity contribution in [2.24, 2.45) is 0 Å². The summed E-state index contributed by atoms with van der Waals surface area (Å²) in [6.07, 6.45) is 5.68. The van der Waals surface area contributed by atoms with E-state index in [2.05, 4.69) is 5.32 Å². The molecule has 0 aliphatic rings. The van der Waals surface area contributed by atoms with E-state index in [4.69, 9.17) is 4.42 Å². The summed E-state index contributed by atoms with van der Waals surface area (Å²) in [5.41, 5.74) is 1.12. The van der Waals surface area contributed by atoms with Crippen molar-refractivity contribution < 1.29 is 9.21 Å². The molecule has 1 unspecified atom stereocenters. The highest BCUT2D eigenvalue weighted by Gasteiger charge is 2.07. The van der Waals surface area contributed by atoms with Crippen LogP contribution < -0.4 is 5.32 Å². The largest absolute Gasteiger partial charge is 0.472 e. The standard InChI is InChI=1S/C11H17NO2/c1-3-4-11(13)12-9(2)7-10-5-6-14-8-10/h5-6,8-9H,3-4,7H2,1-2H3,(H,12,13). The Balaban J connectivity index is 2.29. The third-order valence-electron chi connectivity index (χ3n) is 2.01. The van der Waals surface area contributed by atoms with Gasteiger partial charge in [-0.05, 0) is 31.4 Å². The molecule has 1 N–H and O–H groups in total. The van der Waals surface area contributed by atoms with Crippen LogP contribution in [0.1, 0.15) is 32.3 Å². The van der Waals surface area contributed by atoms with Crippen LogP contribution >= 0.6 is 0 Å². The van der Waals surface area contributed by atoms with Crippen molar-refractivity contribution in [3.8, 4) is 0 Å². The number of furan rings is 1. The summed E-state index contributed by atoms with van der Waals surface area (Å²) in [6.45, 7) is 4.00. The summed E-state index contributed by atoms with van der Waals surface area (Å²) in [6, 6.07) is 2.09. The zero-order valence-corrected chi connectivity index (χ0v) is 8.75. The fourth-order valence-electron chi connectivity index (χ4n) is 1.39. The van der Waals surface area contributed by atoms with E-state index in [1.165, 1.54) is 0 Å². The molecule has 3 nitrogen and oxygen atoms in total. The Bertz CT molecular complexity index is 267. The molecule has 0 spiro atoms. The molecule has 1 aromatic heterocycles. The van der Waals surface area contributed by atoms with E-state index in [1.807, 2.05) is 19.9 Å². The van der Waals surface area contributed by atoms with Gasteiger partial charge in [0.15, 0.2) is 0 Å². The van der Waals surface area contributed by atoms with Gasteiger partial charge < -0.3 is 9.73 Å². The van der Waals surface area contributed by atoms with E-state index in [9.17, 15) is 4.79 Å². The van der Waals surface area contributed by atoms with Gasteiger partial charge in [0.25, 0.3) is 0 Å². The molecule has 1 aromatic rings. The molecule has 1 rings (SSSR count). The van der Waals surface area contributed by atoms with E-state index in [0.717, 1.165) is 18.4 Å². The lowest BCUT2D eigenvalue weighted by molar-refractivity contribution is -0.121. The highest BCUT2D eigenvalue weighted by molar-refractivity contribution is 5.76. The van der Waals surface area contributed by atoms with Gasteiger partial charge >= 0.3 is 0 Å². The Morgan fingerprint density at radius 2 is 2.43 bits per heavy atom. The summed E-state index contributed by atoms with van der Waals surface area (Å²) in [5.74, 6) is 0.128. The molecule has 0 saturated heterocycles. The predicted octanol–water partition coefficient (Wildman–Crippen LogP) is 2.13. The van der Waals surface area contributed by atoms with Gasteiger partial charge in [-0.2, -0.15) is 0 Å². The van der Waals surface area contributed by atoms with Crippen LogP contribution in [-0.2, 0) is 11.2 Å². The molecule has 1 amide bonds. The lowest BCUT2D eigenvalue weighted by Crippen LogP contribution is -2.33. The fourth-order valence-corrected chi connectivity index (χ4v) is 1.39. The van der Waals surface area contributed by atoms with Gasteiger partial charge in [0.1, 0.15) is 0 Å². The first kappa shape index (κ1) is 10.8. The Morgan fingerprint density at radius 1 is 1.64 bits per heavy atom. The number of nitrogens with one attached hydrogen (secondary N) is 1. The lowest BCUT2D eigenvalue weighted by atomic mass is 10.1.